The van der Waals surface area contributed by atoms with Gasteiger partial charge in [-0.25, -0.2) is 0 Å². The van der Waals surface area contributed by atoms with E-state index in [0.29, 0.717) is 0 Å². The standard InChI is InChI=1S/C21H21BO3.4FH/c1-23-19-10-4-16(5-11-19)22(17-6-12-20(24-2)13-7-17)18-8-14-21(25-3)15-9-18;;;;/h4-15H,1-3H3;4*1H. The third-order valence-electron chi connectivity index (χ3n) is 4.35. The van der Waals surface area contributed by atoms with Crippen molar-refractivity contribution < 1.29 is 33.0 Å². The Balaban J connectivity index is 0. The second-order valence-corrected chi connectivity index (χ2v) is 5.75. The van der Waals surface area contributed by atoms with Gasteiger partial charge in [-0.3, -0.25) is 18.8 Å². The Morgan fingerprint density at radius 3 is 0.793 bits per heavy atom. The van der Waals surface area contributed by atoms with E-state index in [4.69, 9.17) is 14.2 Å². The first kappa shape index (κ1) is 28.1. The van der Waals surface area contributed by atoms with Gasteiger partial charge in [-0.1, -0.05) is 52.8 Å². The summed E-state index contributed by atoms with van der Waals surface area (Å²) in [7, 11) is 5.04. The first-order valence-electron chi connectivity index (χ1n) is 8.17. The largest absolute Gasteiger partial charge is 0.497 e. The molecule has 3 aromatic rings. The molecule has 0 aliphatic rings. The quantitative estimate of drug-likeness (QED) is 0.461. The number of halogens is 4. The lowest BCUT2D eigenvalue weighted by molar-refractivity contribution is 0.415. The van der Waals surface area contributed by atoms with Crippen LogP contribution >= 0.6 is 0 Å². The van der Waals surface area contributed by atoms with Gasteiger partial charge in [-0.2, -0.15) is 0 Å². The fraction of sp³-hybridized carbons (Fsp3) is 0.143. The molecule has 0 aliphatic carbocycles. The van der Waals surface area contributed by atoms with Crippen LogP contribution in [0, 0.1) is 0 Å². The van der Waals surface area contributed by atoms with Gasteiger partial charge < -0.3 is 14.2 Å². The van der Waals surface area contributed by atoms with Gasteiger partial charge in [0.15, 0.2) is 0 Å². The fourth-order valence-corrected chi connectivity index (χ4v) is 2.97. The van der Waals surface area contributed by atoms with Crippen LogP contribution in [-0.2, 0) is 0 Å². The monoisotopic (exact) mass is 412 g/mol. The third-order valence-corrected chi connectivity index (χ3v) is 4.35. The van der Waals surface area contributed by atoms with Gasteiger partial charge in [0.1, 0.15) is 17.2 Å². The number of hydrogen-bond donors (Lipinski definition) is 0. The minimum absolute atomic E-state index is 0. The van der Waals surface area contributed by atoms with Crippen molar-refractivity contribution in [3.63, 3.8) is 0 Å². The lowest BCUT2D eigenvalue weighted by Crippen LogP contribution is -2.51. The van der Waals surface area contributed by atoms with E-state index in [1.807, 2.05) is 36.4 Å². The van der Waals surface area contributed by atoms with E-state index >= 15 is 0 Å². The smallest absolute Gasteiger partial charge is 0.241 e. The molecule has 0 amide bonds. The van der Waals surface area contributed by atoms with Crippen molar-refractivity contribution in [2.45, 2.75) is 0 Å². The van der Waals surface area contributed by atoms with E-state index in [1.54, 1.807) is 21.3 Å². The Labute approximate surface area is 168 Å². The highest BCUT2D eigenvalue weighted by Crippen LogP contribution is 2.11. The van der Waals surface area contributed by atoms with Crippen LogP contribution in [0.3, 0.4) is 0 Å². The number of rotatable bonds is 6. The minimum atomic E-state index is 0. The maximum atomic E-state index is 5.29. The van der Waals surface area contributed by atoms with Gasteiger partial charge in [-0.05, 0) is 36.4 Å². The Kier molecular flexibility index (Phi) is 12.7. The zero-order valence-electron chi connectivity index (χ0n) is 16.4. The van der Waals surface area contributed by atoms with Crippen LogP contribution in [0.4, 0.5) is 18.8 Å². The molecule has 158 valence electrons. The molecule has 0 radical (unpaired) electrons. The van der Waals surface area contributed by atoms with Crippen LogP contribution < -0.4 is 30.6 Å². The molecule has 0 N–H and O–H groups in total. The summed E-state index contributed by atoms with van der Waals surface area (Å²) in [6.45, 7) is 0.128. The maximum Gasteiger partial charge on any atom is 0.241 e. The summed E-state index contributed by atoms with van der Waals surface area (Å²) in [4.78, 5) is 0. The highest BCUT2D eigenvalue weighted by molar-refractivity contribution is 6.95. The van der Waals surface area contributed by atoms with Gasteiger partial charge in [-0.15, -0.1) is 0 Å². The molecule has 0 saturated carbocycles. The van der Waals surface area contributed by atoms with E-state index in [0.717, 1.165) is 17.2 Å². The van der Waals surface area contributed by atoms with Gasteiger partial charge >= 0.3 is 0 Å². The Morgan fingerprint density at radius 2 is 0.621 bits per heavy atom. The SMILES string of the molecule is COc1ccc(B(c2ccc(OC)cc2)c2ccc(OC)cc2)cc1.F.F.F.F. The summed E-state index contributed by atoms with van der Waals surface area (Å²) in [5.74, 6) is 2.56. The first-order chi connectivity index (χ1) is 12.2. The first-order valence-corrected chi connectivity index (χ1v) is 8.17. The van der Waals surface area contributed by atoms with E-state index in [9.17, 15) is 0 Å². The lowest BCUT2D eigenvalue weighted by atomic mass is 9.37. The molecule has 3 rings (SSSR count). The molecule has 0 aromatic heterocycles. The average Bonchev–Trinajstić information content (AvgIpc) is 2.70. The Morgan fingerprint density at radius 1 is 0.414 bits per heavy atom. The van der Waals surface area contributed by atoms with Gasteiger partial charge in [0.2, 0.25) is 6.71 Å². The zero-order chi connectivity index (χ0) is 17.6. The van der Waals surface area contributed by atoms with Gasteiger partial charge in [0, 0.05) is 0 Å². The van der Waals surface area contributed by atoms with Crippen LogP contribution in [-0.4, -0.2) is 28.0 Å². The van der Waals surface area contributed by atoms with Gasteiger partial charge in [0.05, 0.1) is 21.3 Å². The Bertz CT molecular complexity index is 700. The highest BCUT2D eigenvalue weighted by Gasteiger charge is 2.21. The fourth-order valence-electron chi connectivity index (χ4n) is 2.97. The molecule has 0 saturated heterocycles. The summed E-state index contributed by atoms with van der Waals surface area (Å²) in [5, 5.41) is 0. The number of ether oxygens (including phenoxy) is 3. The molecule has 0 bridgehead atoms. The predicted octanol–water partition coefficient (Wildman–Crippen LogP) is 2.84. The van der Waals surface area contributed by atoms with Crippen molar-refractivity contribution in [3.8, 4) is 17.2 Å². The molecule has 8 heteroatoms. The van der Waals surface area contributed by atoms with Crippen LogP contribution in [0.15, 0.2) is 72.8 Å². The van der Waals surface area contributed by atoms with E-state index in [1.165, 1.54) is 16.4 Å². The van der Waals surface area contributed by atoms with Crippen molar-refractivity contribution in [1.82, 2.24) is 0 Å². The molecule has 0 aliphatic heterocycles. The van der Waals surface area contributed by atoms with Crippen molar-refractivity contribution in [3.05, 3.63) is 72.8 Å². The Hall–Kier alpha value is -3.16. The molecule has 0 spiro atoms. The van der Waals surface area contributed by atoms with Crippen LogP contribution in [0.25, 0.3) is 0 Å². The van der Waals surface area contributed by atoms with Crippen molar-refractivity contribution in [2.24, 2.45) is 0 Å². The molecule has 0 fully saturated rings. The van der Waals surface area contributed by atoms with Crippen LogP contribution in [0.5, 0.6) is 17.2 Å². The molecule has 0 atom stereocenters. The molecule has 29 heavy (non-hydrogen) atoms. The van der Waals surface area contributed by atoms with Crippen molar-refractivity contribution in [1.29, 1.82) is 0 Å². The van der Waals surface area contributed by atoms with Crippen molar-refractivity contribution in [2.75, 3.05) is 21.3 Å². The summed E-state index contributed by atoms with van der Waals surface area (Å²) in [6, 6.07) is 24.6. The predicted molar refractivity (Wildman–Crippen MR) is 114 cm³/mol. The zero-order valence-corrected chi connectivity index (χ0v) is 16.4. The van der Waals surface area contributed by atoms with E-state index < -0.39 is 0 Å². The normalized spacial score (nSPS) is 8.79. The number of benzene rings is 3. The van der Waals surface area contributed by atoms with Crippen molar-refractivity contribution >= 4 is 23.1 Å². The summed E-state index contributed by atoms with van der Waals surface area (Å²) in [5.41, 5.74) is 3.61. The molecular weight excluding hydrogens is 387 g/mol. The topological polar surface area (TPSA) is 27.7 Å². The lowest BCUT2D eigenvalue weighted by Gasteiger charge is -2.17. The highest BCUT2D eigenvalue weighted by atomic mass is 19.0. The molecule has 3 nitrogen and oxygen atoms in total. The second-order valence-electron chi connectivity index (χ2n) is 5.75. The van der Waals surface area contributed by atoms with Gasteiger partial charge in [0.25, 0.3) is 0 Å². The summed E-state index contributed by atoms with van der Waals surface area (Å²) in [6.07, 6.45) is 0. The minimum Gasteiger partial charge on any atom is -0.497 e. The number of methoxy groups -OCH3 is 3. The number of hydrogen-bond acceptors (Lipinski definition) is 3. The molecule has 0 unspecified atom stereocenters. The van der Waals surface area contributed by atoms with E-state index in [-0.39, 0.29) is 25.5 Å². The summed E-state index contributed by atoms with van der Waals surface area (Å²) >= 11 is 0. The molecular formula is C21H25BF4O3. The summed E-state index contributed by atoms with van der Waals surface area (Å²) < 4.78 is 15.9. The second kappa shape index (κ2) is 13.1. The van der Waals surface area contributed by atoms with Crippen LogP contribution in [0.2, 0.25) is 0 Å². The molecule has 0 heterocycles. The molecule has 3 aromatic carbocycles. The maximum absolute atomic E-state index is 5.29. The van der Waals surface area contributed by atoms with Crippen LogP contribution in [0.1, 0.15) is 0 Å². The third kappa shape index (κ3) is 6.45. The average molecular weight is 412 g/mol. The van der Waals surface area contributed by atoms with E-state index in [2.05, 4.69) is 36.4 Å².